The number of halogens is 1. The number of aliphatic hydroxyl groups is 1. The van der Waals surface area contributed by atoms with E-state index in [4.69, 9.17) is 4.74 Å². The highest BCUT2D eigenvalue weighted by molar-refractivity contribution is 9.10. The lowest BCUT2D eigenvalue weighted by Crippen LogP contribution is -2.29. The van der Waals surface area contributed by atoms with Gasteiger partial charge in [-0.2, -0.15) is 0 Å². The molecule has 0 aliphatic carbocycles. The summed E-state index contributed by atoms with van der Waals surface area (Å²) in [5.74, 6) is -0.974. The van der Waals surface area contributed by atoms with Crippen LogP contribution in [0.5, 0.6) is 5.75 Å². The van der Waals surface area contributed by atoms with Crippen LogP contribution < -0.4 is 9.64 Å². The van der Waals surface area contributed by atoms with E-state index in [-0.39, 0.29) is 11.3 Å². The molecule has 1 atom stereocenters. The fourth-order valence-electron chi connectivity index (χ4n) is 4.35. The first-order valence-electron chi connectivity index (χ1n) is 10.9. The molecule has 1 aliphatic rings. The second-order valence-electron chi connectivity index (χ2n) is 7.89. The minimum absolute atomic E-state index is 0.0472. The Hall–Kier alpha value is -3.84. The number of hydrogen-bond donors (Lipinski definition) is 2. The van der Waals surface area contributed by atoms with Gasteiger partial charge in [-0.1, -0.05) is 46.3 Å². The number of aromatic nitrogens is 1. The number of aromatic amines is 1. The van der Waals surface area contributed by atoms with Gasteiger partial charge >= 0.3 is 0 Å². The monoisotopic (exact) mass is 516 g/mol. The van der Waals surface area contributed by atoms with Crippen LogP contribution in [0.2, 0.25) is 0 Å². The van der Waals surface area contributed by atoms with E-state index in [0.717, 1.165) is 20.9 Å². The van der Waals surface area contributed by atoms with E-state index in [9.17, 15) is 14.7 Å². The number of amides is 1. The lowest BCUT2D eigenvalue weighted by Gasteiger charge is -2.25. The van der Waals surface area contributed by atoms with Crippen molar-refractivity contribution >= 4 is 50.0 Å². The smallest absolute Gasteiger partial charge is 0.300 e. The molecule has 1 amide bonds. The number of nitrogens with zero attached hydrogens (tertiary/aromatic N) is 1. The Morgan fingerprint density at radius 2 is 1.74 bits per heavy atom. The lowest BCUT2D eigenvalue weighted by atomic mass is 9.95. The fraction of sp³-hybridized carbons (Fsp3) is 0.111. The Morgan fingerprint density at radius 1 is 1.03 bits per heavy atom. The van der Waals surface area contributed by atoms with Gasteiger partial charge in [0.05, 0.1) is 18.2 Å². The highest BCUT2D eigenvalue weighted by Gasteiger charge is 2.47. The van der Waals surface area contributed by atoms with Crippen molar-refractivity contribution in [3.8, 4) is 5.75 Å². The number of carbonyl (C=O) groups excluding carboxylic acids is 2. The Labute approximate surface area is 204 Å². The van der Waals surface area contributed by atoms with Crippen molar-refractivity contribution in [2.24, 2.45) is 0 Å². The lowest BCUT2D eigenvalue weighted by molar-refractivity contribution is -0.132. The van der Waals surface area contributed by atoms with Crippen LogP contribution in [-0.4, -0.2) is 28.4 Å². The minimum atomic E-state index is -0.808. The molecule has 34 heavy (non-hydrogen) atoms. The molecule has 0 radical (unpaired) electrons. The van der Waals surface area contributed by atoms with Crippen LogP contribution in [0.3, 0.4) is 0 Å². The molecule has 0 saturated carbocycles. The first kappa shape index (κ1) is 22.0. The number of nitrogens with one attached hydrogen (secondary N) is 1. The van der Waals surface area contributed by atoms with Gasteiger partial charge in [-0.05, 0) is 49.4 Å². The maximum atomic E-state index is 13.3. The van der Waals surface area contributed by atoms with E-state index < -0.39 is 17.7 Å². The van der Waals surface area contributed by atoms with Gasteiger partial charge < -0.3 is 14.8 Å². The van der Waals surface area contributed by atoms with Crippen molar-refractivity contribution in [2.45, 2.75) is 13.0 Å². The Balaban J connectivity index is 1.72. The molecular weight excluding hydrogens is 496 g/mol. The molecule has 5 rings (SSSR count). The topological polar surface area (TPSA) is 82.6 Å². The zero-order valence-electron chi connectivity index (χ0n) is 18.3. The number of para-hydroxylation sites is 1. The standard InChI is InChI=1S/C27H21BrN2O4/c1-2-34-19-13-11-18(12-14-19)30-24(21-15-29-22-6-4-3-5-20(21)22)23(26(32)27(30)33)25(31)16-7-9-17(28)10-8-16/h3-15,24,29,31H,2H2,1H3/b25-23+. The molecule has 3 aromatic carbocycles. The maximum absolute atomic E-state index is 13.3. The minimum Gasteiger partial charge on any atom is -0.507 e. The average molecular weight is 517 g/mol. The largest absolute Gasteiger partial charge is 0.507 e. The molecule has 6 nitrogen and oxygen atoms in total. The normalized spacial score (nSPS) is 17.5. The average Bonchev–Trinajstić information content (AvgIpc) is 3.38. The van der Waals surface area contributed by atoms with Crippen LogP contribution >= 0.6 is 15.9 Å². The number of rotatable bonds is 5. The number of H-pyrrole nitrogens is 1. The molecule has 1 fully saturated rings. The summed E-state index contributed by atoms with van der Waals surface area (Å²) < 4.78 is 6.37. The van der Waals surface area contributed by atoms with Crippen molar-refractivity contribution < 1.29 is 19.4 Å². The third-order valence-electron chi connectivity index (χ3n) is 5.90. The van der Waals surface area contributed by atoms with Gasteiger partial charge in [0, 0.05) is 38.4 Å². The summed E-state index contributed by atoms with van der Waals surface area (Å²) in [7, 11) is 0. The van der Waals surface area contributed by atoms with Gasteiger partial charge in [0.1, 0.15) is 11.5 Å². The molecule has 0 spiro atoms. The van der Waals surface area contributed by atoms with Gasteiger partial charge in [0.15, 0.2) is 0 Å². The summed E-state index contributed by atoms with van der Waals surface area (Å²) in [5, 5.41) is 12.1. The first-order valence-corrected chi connectivity index (χ1v) is 11.6. The fourth-order valence-corrected chi connectivity index (χ4v) is 4.61. The van der Waals surface area contributed by atoms with Gasteiger partial charge in [0.2, 0.25) is 0 Å². The molecule has 170 valence electrons. The van der Waals surface area contributed by atoms with Crippen LogP contribution in [-0.2, 0) is 9.59 Å². The van der Waals surface area contributed by atoms with Crippen LogP contribution in [0.25, 0.3) is 16.7 Å². The molecule has 2 heterocycles. The van der Waals surface area contributed by atoms with Crippen molar-refractivity contribution in [1.82, 2.24) is 4.98 Å². The van der Waals surface area contributed by atoms with Crippen LogP contribution in [0.4, 0.5) is 5.69 Å². The number of fused-ring (bicyclic) bond motifs is 1. The molecule has 1 unspecified atom stereocenters. The molecule has 1 saturated heterocycles. The second-order valence-corrected chi connectivity index (χ2v) is 8.81. The third-order valence-corrected chi connectivity index (χ3v) is 6.43. The molecule has 1 aliphatic heterocycles. The van der Waals surface area contributed by atoms with E-state index >= 15 is 0 Å². The number of hydrogen-bond acceptors (Lipinski definition) is 4. The summed E-state index contributed by atoms with van der Waals surface area (Å²) in [6.45, 7) is 2.41. The number of benzene rings is 3. The van der Waals surface area contributed by atoms with Crippen molar-refractivity contribution in [2.75, 3.05) is 11.5 Å². The number of Topliss-reactive ketones (excluding diaryl/α,β-unsaturated/α-hetero) is 1. The summed E-state index contributed by atoms with van der Waals surface area (Å²) >= 11 is 3.39. The Kier molecular flexibility index (Phi) is 5.71. The highest BCUT2D eigenvalue weighted by Crippen LogP contribution is 2.44. The number of carbonyl (C=O) groups is 2. The molecule has 2 N–H and O–H groups in total. The Morgan fingerprint density at radius 3 is 2.44 bits per heavy atom. The number of ketones is 1. The maximum Gasteiger partial charge on any atom is 0.300 e. The summed E-state index contributed by atoms with van der Waals surface area (Å²) in [4.78, 5) is 31.3. The SMILES string of the molecule is CCOc1ccc(N2C(=O)C(=O)/C(=C(/O)c3ccc(Br)cc3)C2c2c[nH]c3ccccc23)cc1. The van der Waals surface area contributed by atoms with Crippen molar-refractivity contribution in [3.05, 3.63) is 100 Å². The van der Waals surface area contributed by atoms with Gasteiger partial charge in [-0.3, -0.25) is 14.5 Å². The summed E-state index contributed by atoms with van der Waals surface area (Å²) in [6, 6.07) is 20.8. The van der Waals surface area contributed by atoms with E-state index in [1.807, 2.05) is 31.2 Å². The van der Waals surface area contributed by atoms with Gasteiger partial charge in [0.25, 0.3) is 11.7 Å². The molecule has 4 aromatic rings. The second kappa shape index (κ2) is 8.83. The predicted octanol–water partition coefficient (Wildman–Crippen LogP) is 5.96. The number of ether oxygens (including phenoxy) is 1. The quantitative estimate of drug-likeness (QED) is 0.195. The van der Waals surface area contributed by atoms with Gasteiger partial charge in [-0.15, -0.1) is 0 Å². The predicted molar refractivity (Wildman–Crippen MR) is 135 cm³/mol. The molecule has 0 bridgehead atoms. The first-order chi connectivity index (χ1) is 16.5. The summed E-state index contributed by atoms with van der Waals surface area (Å²) in [5.41, 5.74) is 2.64. The Bertz CT molecular complexity index is 1420. The molecular formula is C27H21BrN2O4. The zero-order chi connectivity index (χ0) is 23.8. The highest BCUT2D eigenvalue weighted by atomic mass is 79.9. The number of aliphatic hydroxyl groups excluding tert-OH is 1. The summed E-state index contributed by atoms with van der Waals surface area (Å²) in [6.07, 6.45) is 1.79. The molecule has 7 heteroatoms. The van der Waals surface area contributed by atoms with E-state index in [1.165, 1.54) is 4.90 Å². The van der Waals surface area contributed by atoms with Crippen molar-refractivity contribution in [1.29, 1.82) is 0 Å². The van der Waals surface area contributed by atoms with Crippen molar-refractivity contribution in [3.63, 3.8) is 0 Å². The number of anilines is 1. The van der Waals surface area contributed by atoms with Crippen LogP contribution in [0, 0.1) is 0 Å². The zero-order valence-corrected chi connectivity index (χ0v) is 19.9. The third kappa shape index (κ3) is 3.68. The van der Waals surface area contributed by atoms with E-state index in [1.54, 1.807) is 54.7 Å². The van der Waals surface area contributed by atoms with Crippen LogP contribution in [0.15, 0.2) is 89.0 Å². The van der Waals surface area contributed by atoms with E-state index in [2.05, 4.69) is 20.9 Å². The van der Waals surface area contributed by atoms with E-state index in [0.29, 0.717) is 23.6 Å². The van der Waals surface area contributed by atoms with Gasteiger partial charge in [-0.25, -0.2) is 0 Å². The molecule has 1 aromatic heterocycles. The van der Waals surface area contributed by atoms with Crippen LogP contribution in [0.1, 0.15) is 24.1 Å².